The molecule has 2 fully saturated rings. The van der Waals surface area contributed by atoms with E-state index in [2.05, 4.69) is 15.3 Å². The van der Waals surface area contributed by atoms with Gasteiger partial charge in [0.2, 0.25) is 5.88 Å². The van der Waals surface area contributed by atoms with Gasteiger partial charge in [0.25, 0.3) is 5.91 Å². The SMILES string of the molecule is O=C(Nc1ccc(Oc2ccnc(CCC3OCCO3)n2)c2ccccc12)c1cc(F)cc(N2CCOCC2)c1. The first-order valence-electron chi connectivity index (χ1n) is 13.3. The third-order valence-corrected chi connectivity index (χ3v) is 6.84. The molecule has 0 saturated carbocycles. The zero-order chi connectivity index (χ0) is 27.3. The van der Waals surface area contributed by atoms with Gasteiger partial charge in [0.05, 0.1) is 26.4 Å². The van der Waals surface area contributed by atoms with Crippen molar-refractivity contribution in [2.45, 2.75) is 19.1 Å². The van der Waals surface area contributed by atoms with E-state index in [4.69, 9.17) is 18.9 Å². The van der Waals surface area contributed by atoms with Crippen LogP contribution in [0.4, 0.5) is 15.8 Å². The molecule has 10 heteroatoms. The number of amides is 1. The van der Waals surface area contributed by atoms with Crippen molar-refractivity contribution in [3.8, 4) is 11.6 Å². The summed E-state index contributed by atoms with van der Waals surface area (Å²) in [5.41, 5.74) is 1.49. The number of nitrogens with zero attached hydrogens (tertiary/aromatic N) is 3. The van der Waals surface area contributed by atoms with Crippen LogP contribution in [0.1, 0.15) is 22.6 Å². The van der Waals surface area contributed by atoms with Gasteiger partial charge in [-0.05, 0) is 30.3 Å². The molecular weight excluding hydrogens is 515 g/mol. The standard InChI is InChI=1S/C30H29FN4O5/c31-21-17-20(18-22(19-21)35-11-13-37-14-12-35)30(36)33-25-5-6-26(24-4-2-1-3-23(24)25)40-28-9-10-32-27(34-28)7-8-29-38-15-16-39-29/h1-6,9-10,17-19,29H,7-8,11-16H2,(H,33,36). The van der Waals surface area contributed by atoms with E-state index in [1.165, 1.54) is 12.1 Å². The molecule has 40 heavy (non-hydrogen) atoms. The summed E-state index contributed by atoms with van der Waals surface area (Å²) in [6.07, 6.45) is 2.70. The average Bonchev–Trinajstić information content (AvgIpc) is 3.52. The summed E-state index contributed by atoms with van der Waals surface area (Å²) in [4.78, 5) is 24.1. The predicted molar refractivity (Wildman–Crippen MR) is 147 cm³/mol. The Morgan fingerprint density at radius 3 is 2.62 bits per heavy atom. The first kappa shape index (κ1) is 26.1. The van der Waals surface area contributed by atoms with Crippen molar-refractivity contribution in [2.75, 3.05) is 49.7 Å². The smallest absolute Gasteiger partial charge is 0.255 e. The molecule has 1 aromatic heterocycles. The molecular formula is C30H29FN4O5. The first-order valence-corrected chi connectivity index (χ1v) is 13.3. The fourth-order valence-corrected chi connectivity index (χ4v) is 4.86. The van der Waals surface area contributed by atoms with E-state index in [9.17, 15) is 9.18 Å². The van der Waals surface area contributed by atoms with Gasteiger partial charge in [0, 0.05) is 65.9 Å². The van der Waals surface area contributed by atoms with Gasteiger partial charge in [-0.15, -0.1) is 0 Å². The molecule has 6 rings (SSSR count). The van der Waals surface area contributed by atoms with Crippen LogP contribution >= 0.6 is 0 Å². The van der Waals surface area contributed by atoms with E-state index in [-0.39, 0.29) is 11.9 Å². The van der Waals surface area contributed by atoms with Crippen LogP contribution in [0, 0.1) is 5.82 Å². The number of hydrogen-bond acceptors (Lipinski definition) is 8. The highest BCUT2D eigenvalue weighted by Gasteiger charge is 2.18. The predicted octanol–water partition coefficient (Wildman–Crippen LogP) is 4.96. The average molecular weight is 545 g/mol. The molecule has 0 spiro atoms. The lowest BCUT2D eigenvalue weighted by atomic mass is 10.1. The topological polar surface area (TPSA) is 95.0 Å². The molecule has 0 radical (unpaired) electrons. The van der Waals surface area contributed by atoms with Crippen LogP contribution in [-0.2, 0) is 20.6 Å². The normalized spacial score (nSPS) is 15.9. The minimum Gasteiger partial charge on any atom is -0.438 e. The van der Waals surface area contributed by atoms with Gasteiger partial charge < -0.3 is 29.2 Å². The van der Waals surface area contributed by atoms with E-state index in [1.807, 2.05) is 29.2 Å². The van der Waals surface area contributed by atoms with Crippen molar-refractivity contribution < 1.29 is 28.1 Å². The van der Waals surface area contributed by atoms with Crippen LogP contribution in [-0.4, -0.2) is 61.7 Å². The highest BCUT2D eigenvalue weighted by atomic mass is 19.1. The molecule has 1 N–H and O–H groups in total. The van der Waals surface area contributed by atoms with Crippen LogP contribution < -0.4 is 15.0 Å². The maximum absolute atomic E-state index is 14.5. The van der Waals surface area contributed by atoms with Gasteiger partial charge in [-0.3, -0.25) is 4.79 Å². The molecule has 0 unspecified atom stereocenters. The maximum atomic E-state index is 14.5. The molecule has 0 bridgehead atoms. The summed E-state index contributed by atoms with van der Waals surface area (Å²) in [6.45, 7) is 3.64. The van der Waals surface area contributed by atoms with Crippen molar-refractivity contribution in [1.29, 1.82) is 0 Å². The van der Waals surface area contributed by atoms with Crippen molar-refractivity contribution >= 4 is 28.1 Å². The fraction of sp³-hybridized carbons (Fsp3) is 0.300. The summed E-state index contributed by atoms with van der Waals surface area (Å²) >= 11 is 0. The van der Waals surface area contributed by atoms with Crippen molar-refractivity contribution in [1.82, 2.24) is 9.97 Å². The highest BCUT2D eigenvalue weighted by molar-refractivity contribution is 6.10. The van der Waals surface area contributed by atoms with Gasteiger partial charge in [-0.1, -0.05) is 24.3 Å². The minimum atomic E-state index is -0.463. The van der Waals surface area contributed by atoms with E-state index >= 15 is 0 Å². The number of fused-ring (bicyclic) bond motifs is 1. The van der Waals surface area contributed by atoms with Crippen LogP contribution in [0.25, 0.3) is 10.8 Å². The van der Waals surface area contributed by atoms with Crippen molar-refractivity contribution in [3.63, 3.8) is 0 Å². The number of hydrogen-bond donors (Lipinski definition) is 1. The zero-order valence-corrected chi connectivity index (χ0v) is 21.8. The van der Waals surface area contributed by atoms with E-state index < -0.39 is 11.7 Å². The number of benzene rings is 3. The van der Waals surface area contributed by atoms with Gasteiger partial charge in [-0.2, -0.15) is 4.98 Å². The van der Waals surface area contributed by atoms with Crippen LogP contribution in [0.3, 0.4) is 0 Å². The molecule has 0 atom stereocenters. The summed E-state index contributed by atoms with van der Waals surface area (Å²) in [7, 11) is 0. The number of ether oxygens (including phenoxy) is 4. The molecule has 4 aromatic rings. The Balaban J connectivity index is 1.20. The summed E-state index contributed by atoms with van der Waals surface area (Å²) in [5.74, 6) is 0.770. The van der Waals surface area contributed by atoms with Gasteiger partial charge in [-0.25, -0.2) is 9.37 Å². The monoisotopic (exact) mass is 544 g/mol. The highest BCUT2D eigenvalue weighted by Crippen LogP contribution is 2.34. The Morgan fingerprint density at radius 2 is 1.80 bits per heavy atom. The van der Waals surface area contributed by atoms with Crippen LogP contribution in [0.5, 0.6) is 11.6 Å². The lowest BCUT2D eigenvalue weighted by molar-refractivity contribution is -0.0465. The van der Waals surface area contributed by atoms with Crippen molar-refractivity contribution in [2.24, 2.45) is 0 Å². The number of morpholine rings is 1. The molecule has 3 heterocycles. The Labute approximate surface area is 230 Å². The largest absolute Gasteiger partial charge is 0.438 e. The number of carbonyl (C=O) groups excluding carboxylic acids is 1. The molecule has 9 nitrogen and oxygen atoms in total. The Morgan fingerprint density at radius 1 is 1.00 bits per heavy atom. The minimum absolute atomic E-state index is 0.224. The molecule has 0 aliphatic carbocycles. The third kappa shape index (κ3) is 6.04. The second-order valence-corrected chi connectivity index (χ2v) is 9.53. The second kappa shape index (κ2) is 12.0. The van der Waals surface area contributed by atoms with Crippen LogP contribution in [0.15, 0.2) is 66.9 Å². The number of aryl methyl sites for hydroxylation is 1. The summed E-state index contributed by atoms with van der Waals surface area (Å²) < 4.78 is 37.0. The molecule has 206 valence electrons. The molecule has 2 aliphatic rings. The van der Waals surface area contributed by atoms with E-state index in [0.29, 0.717) is 81.2 Å². The number of rotatable bonds is 8. The molecule has 2 aliphatic heterocycles. The number of carbonyl (C=O) groups is 1. The van der Waals surface area contributed by atoms with Gasteiger partial charge in [0.1, 0.15) is 17.4 Å². The lowest BCUT2D eigenvalue weighted by Crippen LogP contribution is -2.36. The van der Waals surface area contributed by atoms with Crippen LogP contribution in [0.2, 0.25) is 0 Å². The summed E-state index contributed by atoms with van der Waals surface area (Å²) in [5, 5.41) is 4.52. The fourth-order valence-electron chi connectivity index (χ4n) is 4.86. The quantitative estimate of drug-likeness (QED) is 0.333. The summed E-state index contributed by atoms with van der Waals surface area (Å²) in [6, 6.07) is 17.2. The third-order valence-electron chi connectivity index (χ3n) is 6.84. The molecule has 2 saturated heterocycles. The second-order valence-electron chi connectivity index (χ2n) is 9.53. The van der Waals surface area contributed by atoms with E-state index in [0.717, 1.165) is 10.8 Å². The maximum Gasteiger partial charge on any atom is 0.255 e. The number of nitrogens with one attached hydrogen (secondary N) is 1. The number of anilines is 2. The first-order chi connectivity index (χ1) is 19.6. The molecule has 3 aromatic carbocycles. The zero-order valence-electron chi connectivity index (χ0n) is 21.8. The Bertz CT molecular complexity index is 1500. The lowest BCUT2D eigenvalue weighted by Gasteiger charge is -2.29. The Kier molecular flexibility index (Phi) is 7.80. The number of aromatic nitrogens is 2. The number of halogens is 1. The van der Waals surface area contributed by atoms with Crippen molar-refractivity contribution in [3.05, 3.63) is 84.1 Å². The van der Waals surface area contributed by atoms with Gasteiger partial charge in [0.15, 0.2) is 6.29 Å². The molecule has 1 amide bonds. The Hall–Kier alpha value is -4.12. The van der Waals surface area contributed by atoms with E-state index in [1.54, 1.807) is 30.5 Å². The van der Waals surface area contributed by atoms with Gasteiger partial charge >= 0.3 is 0 Å².